The van der Waals surface area contributed by atoms with Crippen LogP contribution in [0.1, 0.15) is 24.8 Å². The van der Waals surface area contributed by atoms with Crippen LogP contribution in [-0.2, 0) is 6.54 Å². The smallest absolute Gasteiger partial charge is 0.0367 e. The van der Waals surface area contributed by atoms with Gasteiger partial charge in [0.2, 0.25) is 0 Å². The highest BCUT2D eigenvalue weighted by molar-refractivity contribution is 5.47. The average molecular weight is 292 g/mol. The zero-order valence-electron chi connectivity index (χ0n) is 13.1. The quantitative estimate of drug-likeness (QED) is 0.845. The number of hydrogen-bond donors (Lipinski definition) is 0. The van der Waals surface area contributed by atoms with E-state index >= 15 is 0 Å². The number of para-hydroxylation sites is 1. The van der Waals surface area contributed by atoms with Crippen LogP contribution in [0.2, 0.25) is 0 Å². The summed E-state index contributed by atoms with van der Waals surface area (Å²) in [7, 11) is 0. The molecule has 0 radical (unpaired) electrons. The van der Waals surface area contributed by atoms with Crippen molar-refractivity contribution in [3.05, 3.63) is 66.2 Å². The Labute approximate surface area is 133 Å². The molecule has 2 fully saturated rings. The number of anilines is 1. The average Bonchev–Trinajstić information content (AvgIpc) is 2.56. The molecule has 0 unspecified atom stereocenters. The van der Waals surface area contributed by atoms with E-state index < -0.39 is 0 Å². The van der Waals surface area contributed by atoms with E-state index in [9.17, 15) is 0 Å². The van der Waals surface area contributed by atoms with Gasteiger partial charge in [-0.05, 0) is 30.5 Å². The summed E-state index contributed by atoms with van der Waals surface area (Å²) >= 11 is 0. The molecular formula is C20H24N2. The van der Waals surface area contributed by atoms with Crippen LogP contribution < -0.4 is 4.90 Å². The van der Waals surface area contributed by atoms with E-state index in [1.54, 1.807) is 0 Å². The van der Waals surface area contributed by atoms with Gasteiger partial charge in [0.25, 0.3) is 0 Å². The molecule has 0 N–H and O–H groups in total. The second-order valence-electron chi connectivity index (χ2n) is 6.64. The van der Waals surface area contributed by atoms with Gasteiger partial charge in [0.1, 0.15) is 0 Å². The first kappa shape index (κ1) is 13.8. The van der Waals surface area contributed by atoms with Crippen LogP contribution in [-0.4, -0.2) is 30.1 Å². The number of hydrogen-bond acceptors (Lipinski definition) is 2. The van der Waals surface area contributed by atoms with Crippen LogP contribution >= 0.6 is 0 Å². The van der Waals surface area contributed by atoms with Crippen molar-refractivity contribution >= 4 is 5.69 Å². The van der Waals surface area contributed by atoms with Gasteiger partial charge in [-0.3, -0.25) is 4.90 Å². The summed E-state index contributed by atoms with van der Waals surface area (Å²) in [5.74, 6) is 0. The highest BCUT2D eigenvalue weighted by atomic mass is 15.3. The highest BCUT2D eigenvalue weighted by Gasteiger charge is 2.37. The number of piperazine rings is 1. The van der Waals surface area contributed by atoms with E-state index in [0.29, 0.717) is 12.1 Å². The van der Waals surface area contributed by atoms with Gasteiger partial charge in [0.05, 0.1) is 0 Å². The second kappa shape index (κ2) is 6.13. The van der Waals surface area contributed by atoms with Gasteiger partial charge < -0.3 is 4.90 Å². The Hall–Kier alpha value is -1.80. The van der Waals surface area contributed by atoms with Crippen molar-refractivity contribution in [2.45, 2.75) is 37.9 Å². The zero-order valence-corrected chi connectivity index (χ0v) is 13.1. The fourth-order valence-corrected chi connectivity index (χ4v) is 4.10. The Morgan fingerprint density at radius 3 is 2.00 bits per heavy atom. The summed E-state index contributed by atoms with van der Waals surface area (Å²) in [6, 6.07) is 23.3. The summed E-state index contributed by atoms with van der Waals surface area (Å²) in [6.45, 7) is 3.46. The third-order valence-corrected chi connectivity index (χ3v) is 5.20. The van der Waals surface area contributed by atoms with Crippen molar-refractivity contribution in [1.82, 2.24) is 4.90 Å². The predicted octanol–water partition coefficient (Wildman–Crippen LogP) is 3.93. The van der Waals surface area contributed by atoms with Gasteiger partial charge in [0.15, 0.2) is 0 Å². The first-order chi connectivity index (χ1) is 10.9. The standard InChI is InChI=1S/C20H24N2/c1-3-8-17(9-4-1)14-22-19-12-7-13-20(22)16-21(15-19)18-10-5-2-6-11-18/h1-6,8-11,19-20H,7,12-16H2/t19-,20+. The molecule has 2 atom stereocenters. The second-order valence-corrected chi connectivity index (χ2v) is 6.64. The lowest BCUT2D eigenvalue weighted by atomic mass is 9.90. The van der Waals surface area contributed by atoms with Gasteiger partial charge in [-0.15, -0.1) is 0 Å². The fourth-order valence-electron chi connectivity index (χ4n) is 4.10. The molecule has 4 rings (SSSR count). The van der Waals surface area contributed by atoms with Crippen LogP contribution in [0.25, 0.3) is 0 Å². The zero-order chi connectivity index (χ0) is 14.8. The molecule has 2 bridgehead atoms. The molecule has 2 heteroatoms. The van der Waals surface area contributed by atoms with Crippen molar-refractivity contribution in [3.63, 3.8) is 0 Å². The minimum atomic E-state index is 0.702. The van der Waals surface area contributed by atoms with Crippen molar-refractivity contribution in [3.8, 4) is 0 Å². The maximum Gasteiger partial charge on any atom is 0.0367 e. The van der Waals surface area contributed by atoms with Gasteiger partial charge in [-0.25, -0.2) is 0 Å². The number of benzene rings is 2. The Balaban J connectivity index is 1.52. The molecule has 0 aromatic heterocycles. The van der Waals surface area contributed by atoms with Crippen molar-refractivity contribution < 1.29 is 0 Å². The molecule has 114 valence electrons. The molecule has 2 nitrogen and oxygen atoms in total. The molecule has 2 aliphatic heterocycles. The van der Waals surface area contributed by atoms with Crippen molar-refractivity contribution in [2.24, 2.45) is 0 Å². The van der Waals surface area contributed by atoms with Gasteiger partial charge in [0, 0.05) is 37.4 Å². The topological polar surface area (TPSA) is 6.48 Å². The third-order valence-electron chi connectivity index (χ3n) is 5.20. The maximum atomic E-state index is 2.76. The summed E-state index contributed by atoms with van der Waals surface area (Å²) in [5.41, 5.74) is 2.84. The Morgan fingerprint density at radius 2 is 1.36 bits per heavy atom. The van der Waals surface area contributed by atoms with Gasteiger partial charge in [-0.1, -0.05) is 55.0 Å². The molecular weight excluding hydrogens is 268 g/mol. The summed E-state index contributed by atoms with van der Waals surface area (Å²) in [4.78, 5) is 5.36. The first-order valence-electron chi connectivity index (χ1n) is 8.50. The van der Waals surface area contributed by atoms with Crippen LogP contribution in [0.5, 0.6) is 0 Å². The lowest BCUT2D eigenvalue weighted by molar-refractivity contribution is 0.0581. The molecule has 2 aromatic carbocycles. The Morgan fingerprint density at radius 1 is 0.773 bits per heavy atom. The molecule has 0 amide bonds. The highest BCUT2D eigenvalue weighted by Crippen LogP contribution is 2.32. The van der Waals surface area contributed by atoms with Gasteiger partial charge in [-0.2, -0.15) is 0 Å². The fraction of sp³-hybridized carbons (Fsp3) is 0.400. The van der Waals surface area contributed by atoms with E-state index in [-0.39, 0.29) is 0 Å². The van der Waals surface area contributed by atoms with Crippen LogP contribution in [0.3, 0.4) is 0 Å². The summed E-state index contributed by atoms with van der Waals surface area (Å²) in [5, 5.41) is 0. The largest absolute Gasteiger partial charge is 0.368 e. The minimum Gasteiger partial charge on any atom is -0.368 e. The Bertz CT molecular complexity index is 582. The number of piperidine rings is 1. The molecule has 2 heterocycles. The summed E-state index contributed by atoms with van der Waals surface area (Å²) < 4.78 is 0. The molecule has 0 saturated carbocycles. The minimum absolute atomic E-state index is 0.702. The number of rotatable bonds is 3. The van der Waals surface area contributed by atoms with E-state index in [2.05, 4.69) is 70.5 Å². The SMILES string of the molecule is c1ccc(CN2[C@@H]3CCC[C@H]2CN(c2ccccc2)C3)cc1. The van der Waals surface area contributed by atoms with E-state index in [4.69, 9.17) is 0 Å². The third kappa shape index (κ3) is 2.76. The Kier molecular flexibility index (Phi) is 3.86. The normalized spacial score (nSPS) is 25.2. The number of nitrogens with zero attached hydrogens (tertiary/aromatic N) is 2. The first-order valence-corrected chi connectivity index (χ1v) is 8.50. The lowest BCUT2D eigenvalue weighted by Crippen LogP contribution is -2.60. The molecule has 0 aliphatic carbocycles. The lowest BCUT2D eigenvalue weighted by Gasteiger charge is -2.51. The molecule has 0 spiro atoms. The van der Waals surface area contributed by atoms with Crippen LogP contribution in [0, 0.1) is 0 Å². The van der Waals surface area contributed by atoms with Gasteiger partial charge >= 0.3 is 0 Å². The van der Waals surface area contributed by atoms with E-state index in [1.165, 1.54) is 43.6 Å². The van der Waals surface area contributed by atoms with Crippen molar-refractivity contribution in [2.75, 3.05) is 18.0 Å². The summed E-state index contributed by atoms with van der Waals surface area (Å²) in [6.07, 6.45) is 4.07. The maximum absolute atomic E-state index is 2.76. The predicted molar refractivity (Wildman–Crippen MR) is 92.1 cm³/mol. The molecule has 22 heavy (non-hydrogen) atoms. The van der Waals surface area contributed by atoms with E-state index in [0.717, 1.165) is 6.54 Å². The molecule has 2 saturated heterocycles. The van der Waals surface area contributed by atoms with E-state index in [1.807, 2.05) is 0 Å². The molecule has 2 aliphatic rings. The van der Waals surface area contributed by atoms with Crippen molar-refractivity contribution in [1.29, 1.82) is 0 Å². The van der Waals surface area contributed by atoms with Crippen LogP contribution in [0.15, 0.2) is 60.7 Å². The number of fused-ring (bicyclic) bond motifs is 2. The molecule has 2 aromatic rings. The van der Waals surface area contributed by atoms with Crippen LogP contribution in [0.4, 0.5) is 5.69 Å². The monoisotopic (exact) mass is 292 g/mol.